The van der Waals surface area contributed by atoms with Crippen molar-refractivity contribution in [1.82, 2.24) is 9.78 Å². The minimum absolute atomic E-state index is 0.0595. The second-order valence-corrected chi connectivity index (χ2v) is 13.5. The molecule has 3 aromatic rings. The van der Waals surface area contributed by atoms with Crippen LogP contribution in [0.15, 0.2) is 42.6 Å². The summed E-state index contributed by atoms with van der Waals surface area (Å²) < 4.78 is 38.2. The molecule has 0 spiro atoms. The first-order valence-corrected chi connectivity index (χ1v) is 12.8. The zero-order chi connectivity index (χ0) is 20.3. The third kappa shape index (κ3) is 4.88. The Morgan fingerprint density at radius 3 is 2.46 bits per heavy atom. The maximum absolute atomic E-state index is 13.0. The highest BCUT2D eigenvalue weighted by molar-refractivity contribution is 6.76. The van der Waals surface area contributed by atoms with E-state index in [0.717, 1.165) is 16.8 Å². The Bertz CT molecular complexity index is 954. The molecule has 0 saturated heterocycles. The van der Waals surface area contributed by atoms with Gasteiger partial charge in [-0.1, -0.05) is 43.9 Å². The lowest BCUT2D eigenvalue weighted by atomic mass is 10.0. The van der Waals surface area contributed by atoms with Gasteiger partial charge in [-0.15, -0.1) is 0 Å². The van der Waals surface area contributed by atoms with E-state index in [-0.39, 0.29) is 12.5 Å². The molecule has 28 heavy (non-hydrogen) atoms. The van der Waals surface area contributed by atoms with Crippen LogP contribution >= 0.6 is 0 Å². The summed E-state index contributed by atoms with van der Waals surface area (Å²) in [7, 11) is -1.21. The van der Waals surface area contributed by atoms with Crippen molar-refractivity contribution in [3.63, 3.8) is 0 Å². The molecule has 1 heterocycles. The smallest absolute Gasteiger partial charge is 0.387 e. The van der Waals surface area contributed by atoms with E-state index in [9.17, 15) is 8.78 Å². The number of halogens is 2. The minimum Gasteiger partial charge on any atom is -0.434 e. The van der Waals surface area contributed by atoms with Crippen molar-refractivity contribution in [1.29, 1.82) is 0 Å². The van der Waals surface area contributed by atoms with Crippen molar-refractivity contribution in [3.05, 3.63) is 42.6 Å². The number of rotatable bonds is 8. The lowest BCUT2D eigenvalue weighted by Gasteiger charge is -2.17. The molecular weight excluding hydrogens is 380 g/mol. The SMILES string of the molecule is C[Si](C)(C)CCOCn1ncc(N)c1-c1cc2ccccc2cc1OC(F)F. The van der Waals surface area contributed by atoms with Crippen LogP contribution in [0, 0.1) is 0 Å². The average Bonchev–Trinajstić information content (AvgIpc) is 2.97. The van der Waals surface area contributed by atoms with Crippen molar-refractivity contribution < 1.29 is 18.3 Å². The molecule has 1 aromatic heterocycles. The molecule has 2 N–H and O–H groups in total. The molecule has 8 heteroatoms. The van der Waals surface area contributed by atoms with Crippen molar-refractivity contribution in [2.75, 3.05) is 12.3 Å². The Hall–Kier alpha value is -2.45. The first kappa shape index (κ1) is 20.3. The number of nitrogen functional groups attached to an aromatic ring is 1. The molecule has 0 saturated carbocycles. The van der Waals surface area contributed by atoms with E-state index < -0.39 is 14.7 Å². The number of nitrogens with zero attached hydrogens (tertiary/aromatic N) is 2. The molecule has 0 aliphatic rings. The van der Waals surface area contributed by atoms with Crippen LogP contribution in [-0.2, 0) is 11.5 Å². The lowest BCUT2D eigenvalue weighted by molar-refractivity contribution is -0.0494. The number of fused-ring (bicyclic) bond motifs is 1. The summed E-state index contributed by atoms with van der Waals surface area (Å²) in [5.74, 6) is 0.0595. The van der Waals surface area contributed by atoms with E-state index in [2.05, 4.69) is 24.7 Å². The van der Waals surface area contributed by atoms with Gasteiger partial charge >= 0.3 is 6.61 Å². The van der Waals surface area contributed by atoms with E-state index >= 15 is 0 Å². The molecule has 5 nitrogen and oxygen atoms in total. The number of hydrogen-bond acceptors (Lipinski definition) is 4. The third-order valence-corrected chi connectivity index (χ3v) is 6.10. The van der Waals surface area contributed by atoms with E-state index in [0.29, 0.717) is 23.6 Å². The molecular formula is C20H25F2N3O2Si. The highest BCUT2D eigenvalue weighted by Gasteiger charge is 2.19. The molecule has 0 bridgehead atoms. The second-order valence-electron chi connectivity index (χ2n) is 7.87. The predicted octanol–water partition coefficient (Wildman–Crippen LogP) is 5.20. The van der Waals surface area contributed by atoms with Crippen molar-refractivity contribution >= 4 is 24.5 Å². The Labute approximate surface area is 164 Å². The number of nitrogens with two attached hydrogens (primary N) is 1. The number of anilines is 1. The Morgan fingerprint density at radius 2 is 1.82 bits per heavy atom. The summed E-state index contributed by atoms with van der Waals surface area (Å²) in [6, 6.07) is 11.9. The van der Waals surface area contributed by atoms with Crippen LogP contribution in [0.5, 0.6) is 5.75 Å². The summed E-state index contributed by atoms with van der Waals surface area (Å²) in [6.07, 6.45) is 1.50. The Morgan fingerprint density at radius 1 is 1.14 bits per heavy atom. The highest BCUT2D eigenvalue weighted by atomic mass is 28.3. The summed E-state index contributed by atoms with van der Waals surface area (Å²) in [5, 5.41) is 5.96. The van der Waals surface area contributed by atoms with E-state index in [4.69, 9.17) is 15.2 Å². The van der Waals surface area contributed by atoms with Gasteiger partial charge in [-0.2, -0.15) is 13.9 Å². The zero-order valence-electron chi connectivity index (χ0n) is 16.3. The van der Waals surface area contributed by atoms with Gasteiger partial charge in [0.15, 0.2) is 0 Å². The number of alkyl halides is 2. The van der Waals surface area contributed by atoms with Crippen LogP contribution in [0.4, 0.5) is 14.5 Å². The van der Waals surface area contributed by atoms with Gasteiger partial charge in [0, 0.05) is 20.2 Å². The largest absolute Gasteiger partial charge is 0.434 e. The van der Waals surface area contributed by atoms with Gasteiger partial charge in [0.05, 0.1) is 17.6 Å². The van der Waals surface area contributed by atoms with E-state index in [1.165, 1.54) is 6.20 Å². The van der Waals surface area contributed by atoms with Crippen LogP contribution in [-0.4, -0.2) is 31.1 Å². The summed E-state index contributed by atoms with van der Waals surface area (Å²) in [6.45, 7) is 4.69. The Kier molecular flexibility index (Phi) is 6.00. The average molecular weight is 406 g/mol. The second kappa shape index (κ2) is 8.28. The summed E-state index contributed by atoms with van der Waals surface area (Å²) in [5.41, 5.74) is 7.46. The first-order chi connectivity index (χ1) is 13.2. The fourth-order valence-corrected chi connectivity index (χ4v) is 3.68. The standard InChI is InChI=1S/C20H25F2N3O2Si/c1-28(2,3)9-8-26-13-25-19(17(23)12-24-25)16-10-14-6-4-5-7-15(14)11-18(16)27-20(21)22/h4-7,10-12,20H,8-9,13,23H2,1-3H3. The maximum atomic E-state index is 13.0. The molecule has 150 valence electrons. The summed E-state index contributed by atoms with van der Waals surface area (Å²) in [4.78, 5) is 0. The third-order valence-electron chi connectivity index (χ3n) is 4.40. The van der Waals surface area contributed by atoms with Gasteiger partial charge in [0.1, 0.15) is 12.5 Å². The van der Waals surface area contributed by atoms with Gasteiger partial charge in [0.2, 0.25) is 0 Å². The molecule has 0 fully saturated rings. The van der Waals surface area contributed by atoms with E-state index in [1.807, 2.05) is 24.3 Å². The molecule has 0 atom stereocenters. The molecule has 0 radical (unpaired) electrons. The predicted molar refractivity (Wildman–Crippen MR) is 110 cm³/mol. The monoisotopic (exact) mass is 405 g/mol. The van der Waals surface area contributed by atoms with Crippen molar-refractivity contribution in [2.24, 2.45) is 0 Å². The molecule has 0 aliphatic heterocycles. The first-order valence-electron chi connectivity index (χ1n) is 9.11. The lowest BCUT2D eigenvalue weighted by Crippen LogP contribution is -2.22. The minimum atomic E-state index is -2.94. The van der Waals surface area contributed by atoms with Gasteiger partial charge in [-0.05, 0) is 28.9 Å². The van der Waals surface area contributed by atoms with Crippen LogP contribution in [0.2, 0.25) is 25.7 Å². The number of benzene rings is 2. The summed E-state index contributed by atoms with van der Waals surface area (Å²) >= 11 is 0. The Balaban J connectivity index is 1.96. The molecule has 0 aliphatic carbocycles. The zero-order valence-corrected chi connectivity index (χ0v) is 17.3. The fourth-order valence-electron chi connectivity index (χ4n) is 2.92. The molecule has 3 rings (SSSR count). The van der Waals surface area contributed by atoms with E-state index in [1.54, 1.807) is 16.8 Å². The van der Waals surface area contributed by atoms with Crippen molar-refractivity contribution in [3.8, 4) is 17.0 Å². The maximum Gasteiger partial charge on any atom is 0.387 e. The molecule has 2 aromatic carbocycles. The molecule has 0 unspecified atom stereocenters. The fraction of sp³-hybridized carbons (Fsp3) is 0.350. The van der Waals surface area contributed by atoms with Gasteiger partial charge < -0.3 is 15.2 Å². The van der Waals surface area contributed by atoms with Crippen LogP contribution < -0.4 is 10.5 Å². The highest BCUT2D eigenvalue weighted by Crippen LogP contribution is 2.38. The topological polar surface area (TPSA) is 62.3 Å². The normalized spacial score (nSPS) is 12.1. The number of aromatic nitrogens is 2. The van der Waals surface area contributed by atoms with Crippen LogP contribution in [0.1, 0.15) is 0 Å². The number of ether oxygens (including phenoxy) is 2. The molecule has 0 amide bonds. The van der Waals surface area contributed by atoms with Crippen LogP contribution in [0.25, 0.3) is 22.0 Å². The van der Waals surface area contributed by atoms with Gasteiger partial charge in [-0.3, -0.25) is 0 Å². The van der Waals surface area contributed by atoms with Crippen molar-refractivity contribution in [2.45, 2.75) is 39.0 Å². The number of hydrogen-bond donors (Lipinski definition) is 1. The quantitative estimate of drug-likeness (QED) is 0.413. The van der Waals surface area contributed by atoms with Gasteiger partial charge in [-0.25, -0.2) is 4.68 Å². The van der Waals surface area contributed by atoms with Gasteiger partial charge in [0.25, 0.3) is 0 Å². The van der Waals surface area contributed by atoms with Crippen LogP contribution in [0.3, 0.4) is 0 Å².